The van der Waals surface area contributed by atoms with Crippen LogP contribution in [0.25, 0.3) is 11.1 Å². The molecule has 160 valence electrons. The summed E-state index contributed by atoms with van der Waals surface area (Å²) in [5.74, 6) is -0.676. The Labute approximate surface area is 187 Å². The zero-order valence-electron chi connectivity index (χ0n) is 16.9. The third-order valence-electron chi connectivity index (χ3n) is 4.28. The molecule has 0 unspecified atom stereocenters. The summed E-state index contributed by atoms with van der Waals surface area (Å²) in [4.78, 5) is 36.7. The Bertz CT molecular complexity index is 1110. The van der Waals surface area contributed by atoms with Crippen LogP contribution in [0.15, 0.2) is 58.8 Å². The molecule has 3 rings (SSSR count). The number of carbonyl (C=O) groups is 2. The van der Waals surface area contributed by atoms with Gasteiger partial charge in [0.05, 0.1) is 17.3 Å². The summed E-state index contributed by atoms with van der Waals surface area (Å²) in [6.07, 6.45) is 0. The SMILES string of the molecule is CCOC(=O)c1c(-c2cccc([N+](=O)[O-])c2)csc1NC(=O)CSc1ccc(C)cc1. The fourth-order valence-corrected chi connectivity index (χ4v) is 4.47. The molecular weight excluding hydrogens is 436 g/mol. The molecule has 1 aromatic heterocycles. The van der Waals surface area contributed by atoms with Crippen molar-refractivity contribution in [1.82, 2.24) is 0 Å². The van der Waals surface area contributed by atoms with E-state index in [1.165, 1.54) is 35.2 Å². The molecule has 2 aromatic carbocycles. The second-order valence-corrected chi connectivity index (χ2v) is 8.46. The van der Waals surface area contributed by atoms with Gasteiger partial charge in [-0.2, -0.15) is 0 Å². The summed E-state index contributed by atoms with van der Waals surface area (Å²) < 4.78 is 5.17. The summed E-state index contributed by atoms with van der Waals surface area (Å²) >= 11 is 2.57. The number of benzene rings is 2. The van der Waals surface area contributed by atoms with E-state index in [9.17, 15) is 19.7 Å². The van der Waals surface area contributed by atoms with Gasteiger partial charge < -0.3 is 10.1 Å². The number of amides is 1. The molecule has 0 atom stereocenters. The van der Waals surface area contributed by atoms with E-state index in [0.29, 0.717) is 16.1 Å². The first-order valence-electron chi connectivity index (χ1n) is 9.41. The van der Waals surface area contributed by atoms with E-state index < -0.39 is 10.9 Å². The van der Waals surface area contributed by atoms with Gasteiger partial charge >= 0.3 is 5.97 Å². The van der Waals surface area contributed by atoms with E-state index in [-0.39, 0.29) is 29.5 Å². The number of rotatable bonds is 8. The highest BCUT2D eigenvalue weighted by Crippen LogP contribution is 2.37. The lowest BCUT2D eigenvalue weighted by molar-refractivity contribution is -0.384. The predicted octanol–water partition coefficient (Wildman–Crippen LogP) is 5.54. The largest absolute Gasteiger partial charge is 0.462 e. The van der Waals surface area contributed by atoms with Gasteiger partial charge in [-0.15, -0.1) is 23.1 Å². The van der Waals surface area contributed by atoms with Crippen molar-refractivity contribution < 1.29 is 19.2 Å². The fourth-order valence-electron chi connectivity index (χ4n) is 2.80. The molecule has 3 aromatic rings. The molecule has 0 aliphatic rings. The molecule has 0 aliphatic carbocycles. The van der Waals surface area contributed by atoms with Crippen molar-refractivity contribution in [3.05, 3.63) is 75.2 Å². The minimum absolute atomic E-state index is 0.0846. The first-order chi connectivity index (χ1) is 14.9. The number of anilines is 1. The maximum absolute atomic E-state index is 12.6. The van der Waals surface area contributed by atoms with Gasteiger partial charge in [-0.1, -0.05) is 29.8 Å². The number of hydrogen-bond donors (Lipinski definition) is 1. The van der Waals surface area contributed by atoms with Crippen LogP contribution in [0.5, 0.6) is 0 Å². The topological polar surface area (TPSA) is 98.5 Å². The third kappa shape index (κ3) is 5.71. The number of esters is 1. The molecule has 31 heavy (non-hydrogen) atoms. The van der Waals surface area contributed by atoms with Crippen LogP contribution in [-0.4, -0.2) is 29.2 Å². The van der Waals surface area contributed by atoms with Gasteiger partial charge in [-0.05, 0) is 31.5 Å². The number of nitrogens with one attached hydrogen (secondary N) is 1. The minimum atomic E-state index is -0.591. The molecule has 0 aliphatic heterocycles. The van der Waals surface area contributed by atoms with E-state index in [4.69, 9.17) is 4.74 Å². The van der Waals surface area contributed by atoms with Gasteiger partial charge in [0.2, 0.25) is 5.91 Å². The second kappa shape index (κ2) is 10.2. The molecule has 0 radical (unpaired) electrons. The van der Waals surface area contributed by atoms with Crippen molar-refractivity contribution in [3.8, 4) is 11.1 Å². The number of nitro benzene ring substituents is 1. The second-order valence-electron chi connectivity index (χ2n) is 6.53. The average molecular weight is 457 g/mol. The number of thiophene rings is 1. The van der Waals surface area contributed by atoms with E-state index in [1.54, 1.807) is 24.4 Å². The van der Waals surface area contributed by atoms with Crippen LogP contribution in [0, 0.1) is 17.0 Å². The van der Waals surface area contributed by atoms with Crippen LogP contribution >= 0.6 is 23.1 Å². The fraction of sp³-hybridized carbons (Fsp3) is 0.182. The molecule has 9 heteroatoms. The number of thioether (sulfide) groups is 1. The van der Waals surface area contributed by atoms with Crippen LogP contribution in [0.3, 0.4) is 0 Å². The monoisotopic (exact) mass is 456 g/mol. The van der Waals surface area contributed by atoms with Crippen molar-refractivity contribution in [2.45, 2.75) is 18.7 Å². The Morgan fingerprint density at radius 1 is 1.19 bits per heavy atom. The van der Waals surface area contributed by atoms with Crippen LogP contribution in [0.2, 0.25) is 0 Å². The van der Waals surface area contributed by atoms with Crippen LogP contribution < -0.4 is 5.32 Å². The molecule has 7 nitrogen and oxygen atoms in total. The van der Waals surface area contributed by atoms with Crippen LogP contribution in [0.4, 0.5) is 10.7 Å². The lowest BCUT2D eigenvalue weighted by atomic mass is 10.0. The van der Waals surface area contributed by atoms with Crippen molar-refractivity contribution >= 4 is 45.7 Å². The zero-order valence-corrected chi connectivity index (χ0v) is 18.5. The van der Waals surface area contributed by atoms with Gasteiger partial charge in [-0.3, -0.25) is 14.9 Å². The Hall–Kier alpha value is -3.17. The Morgan fingerprint density at radius 3 is 2.61 bits per heavy atom. The summed E-state index contributed by atoms with van der Waals surface area (Å²) in [6, 6.07) is 13.8. The van der Waals surface area contributed by atoms with E-state index in [1.807, 2.05) is 31.2 Å². The first kappa shape index (κ1) is 22.5. The molecule has 0 bridgehead atoms. The molecule has 0 saturated heterocycles. The first-order valence-corrected chi connectivity index (χ1v) is 11.3. The van der Waals surface area contributed by atoms with Crippen molar-refractivity contribution in [2.75, 3.05) is 17.7 Å². The van der Waals surface area contributed by atoms with E-state index in [2.05, 4.69) is 5.32 Å². The summed E-state index contributed by atoms with van der Waals surface area (Å²) in [5, 5.41) is 15.9. The van der Waals surface area contributed by atoms with Gasteiger partial charge in [0.25, 0.3) is 5.69 Å². The number of nitrogens with zero attached hydrogens (tertiary/aromatic N) is 1. The standard InChI is InChI=1S/C22H20N2O5S2/c1-3-29-22(26)20-18(15-5-4-6-16(11-15)24(27)28)12-31-21(20)23-19(25)13-30-17-9-7-14(2)8-10-17/h4-12H,3,13H2,1-2H3,(H,23,25). The number of non-ortho nitro benzene ring substituents is 1. The lowest BCUT2D eigenvalue weighted by Gasteiger charge is -2.09. The summed E-state index contributed by atoms with van der Waals surface area (Å²) in [5.41, 5.74) is 2.23. The predicted molar refractivity (Wildman–Crippen MR) is 123 cm³/mol. The van der Waals surface area contributed by atoms with Gasteiger partial charge in [0.1, 0.15) is 10.6 Å². The van der Waals surface area contributed by atoms with Crippen LogP contribution in [0.1, 0.15) is 22.8 Å². The van der Waals surface area contributed by atoms with E-state index >= 15 is 0 Å². The Kier molecular flexibility index (Phi) is 7.43. The molecule has 0 saturated carbocycles. The molecule has 0 spiro atoms. The Morgan fingerprint density at radius 2 is 1.94 bits per heavy atom. The quantitative estimate of drug-likeness (QED) is 0.207. The average Bonchev–Trinajstić information content (AvgIpc) is 3.17. The maximum Gasteiger partial charge on any atom is 0.341 e. The number of aryl methyl sites for hydroxylation is 1. The Balaban J connectivity index is 1.83. The highest BCUT2D eigenvalue weighted by Gasteiger charge is 2.23. The highest BCUT2D eigenvalue weighted by molar-refractivity contribution is 8.00. The maximum atomic E-state index is 12.6. The highest BCUT2D eigenvalue weighted by atomic mass is 32.2. The number of hydrogen-bond acceptors (Lipinski definition) is 7. The normalized spacial score (nSPS) is 10.5. The third-order valence-corrected chi connectivity index (χ3v) is 6.19. The van der Waals surface area contributed by atoms with Crippen LogP contribution in [-0.2, 0) is 9.53 Å². The molecule has 0 fully saturated rings. The van der Waals surface area contributed by atoms with Crippen molar-refractivity contribution in [3.63, 3.8) is 0 Å². The minimum Gasteiger partial charge on any atom is -0.462 e. The number of ether oxygens (including phenoxy) is 1. The van der Waals surface area contributed by atoms with E-state index in [0.717, 1.165) is 10.5 Å². The molecule has 1 heterocycles. The van der Waals surface area contributed by atoms with Gasteiger partial charge in [-0.25, -0.2) is 4.79 Å². The summed E-state index contributed by atoms with van der Waals surface area (Å²) in [7, 11) is 0. The van der Waals surface area contributed by atoms with Gasteiger partial charge in [0, 0.05) is 28.0 Å². The summed E-state index contributed by atoms with van der Waals surface area (Å²) in [6.45, 7) is 3.85. The van der Waals surface area contributed by atoms with Crippen molar-refractivity contribution in [2.24, 2.45) is 0 Å². The molecule has 1 N–H and O–H groups in total. The molecule has 1 amide bonds. The zero-order chi connectivity index (χ0) is 22.4. The molecular formula is C22H20N2O5S2. The van der Waals surface area contributed by atoms with Crippen molar-refractivity contribution in [1.29, 1.82) is 0 Å². The van der Waals surface area contributed by atoms with Gasteiger partial charge in [0.15, 0.2) is 0 Å². The number of carbonyl (C=O) groups excluding carboxylic acids is 2. The smallest absolute Gasteiger partial charge is 0.341 e. The number of nitro groups is 1. The lowest BCUT2D eigenvalue weighted by Crippen LogP contribution is -2.16.